The number of hydrogen-bond acceptors (Lipinski definition) is 6. The lowest BCUT2D eigenvalue weighted by Crippen LogP contribution is -2.10. The lowest BCUT2D eigenvalue weighted by Gasteiger charge is -2.07. The average molecular weight is 262 g/mol. The van der Waals surface area contributed by atoms with Gasteiger partial charge >= 0.3 is 0 Å². The van der Waals surface area contributed by atoms with E-state index in [4.69, 9.17) is 31.5 Å². The summed E-state index contributed by atoms with van der Waals surface area (Å²) in [6.45, 7) is 2.15. The number of hydrogen-bond donors (Lipinski definition) is 1. The Balaban J connectivity index is 2.16. The van der Waals surface area contributed by atoms with Crippen LogP contribution in [0.5, 0.6) is 5.88 Å². The van der Waals surface area contributed by atoms with Crippen molar-refractivity contribution in [2.45, 2.75) is 6.42 Å². The van der Waals surface area contributed by atoms with Crippen LogP contribution in [-0.2, 0) is 9.47 Å². The summed E-state index contributed by atoms with van der Waals surface area (Å²) >= 11 is 5.84. The molecule has 2 N–H and O–H groups in total. The van der Waals surface area contributed by atoms with E-state index in [9.17, 15) is 0 Å². The van der Waals surface area contributed by atoms with Crippen LogP contribution in [0.4, 0.5) is 5.82 Å². The highest BCUT2D eigenvalue weighted by molar-refractivity contribution is 6.33. The van der Waals surface area contributed by atoms with Gasteiger partial charge in [0, 0.05) is 20.3 Å². The maximum Gasteiger partial charge on any atom is 0.238 e. The highest BCUT2D eigenvalue weighted by Gasteiger charge is 2.06. The lowest BCUT2D eigenvalue weighted by atomic mass is 10.5. The van der Waals surface area contributed by atoms with Gasteiger partial charge in [-0.1, -0.05) is 11.6 Å². The molecule has 96 valence electrons. The van der Waals surface area contributed by atoms with E-state index < -0.39 is 0 Å². The third kappa shape index (κ3) is 5.16. The van der Waals surface area contributed by atoms with Gasteiger partial charge in [0.1, 0.15) is 23.8 Å². The molecule has 0 atom stereocenters. The normalized spacial score (nSPS) is 10.5. The molecule has 1 aromatic rings. The van der Waals surface area contributed by atoms with Crippen molar-refractivity contribution >= 4 is 17.4 Å². The van der Waals surface area contributed by atoms with Crippen molar-refractivity contribution in [3.8, 4) is 5.88 Å². The summed E-state index contributed by atoms with van der Waals surface area (Å²) in [6.07, 6.45) is 2.16. The average Bonchev–Trinajstić information content (AvgIpc) is 2.33. The molecule has 0 aliphatic rings. The first kappa shape index (κ1) is 14.0. The molecule has 0 unspecified atom stereocenters. The summed E-state index contributed by atoms with van der Waals surface area (Å²) in [5.74, 6) is 0.484. The molecular weight excluding hydrogens is 246 g/mol. The fraction of sp³-hybridized carbons (Fsp3) is 0.600. The topological polar surface area (TPSA) is 79.5 Å². The van der Waals surface area contributed by atoms with E-state index in [-0.39, 0.29) is 16.7 Å². The Morgan fingerprint density at radius 1 is 1.24 bits per heavy atom. The number of anilines is 1. The van der Waals surface area contributed by atoms with Crippen molar-refractivity contribution in [3.05, 3.63) is 11.3 Å². The highest BCUT2D eigenvalue weighted by atomic mass is 35.5. The molecule has 0 bridgehead atoms. The molecule has 0 spiro atoms. The van der Waals surface area contributed by atoms with Crippen LogP contribution in [0.2, 0.25) is 5.02 Å². The third-order valence-electron chi connectivity index (χ3n) is 1.89. The number of rotatable bonds is 8. The van der Waals surface area contributed by atoms with Crippen LogP contribution < -0.4 is 10.5 Å². The Hall–Kier alpha value is -1.11. The standard InChI is InChI=1S/C10H16ClN3O3/c1-15-3-2-4-16-5-6-17-10-8(11)9(12)13-7-14-10/h7H,2-6H2,1H3,(H2,12,13,14). The minimum Gasteiger partial charge on any atom is -0.474 e. The molecule has 7 heteroatoms. The maximum absolute atomic E-state index is 5.84. The molecule has 0 radical (unpaired) electrons. The Bertz CT molecular complexity index is 339. The summed E-state index contributed by atoms with van der Waals surface area (Å²) in [5, 5.41) is 0.229. The summed E-state index contributed by atoms with van der Waals surface area (Å²) in [4.78, 5) is 7.59. The minimum atomic E-state index is 0.206. The van der Waals surface area contributed by atoms with Gasteiger partial charge in [-0.05, 0) is 6.42 Å². The fourth-order valence-electron chi connectivity index (χ4n) is 1.07. The first-order chi connectivity index (χ1) is 8.25. The zero-order valence-corrected chi connectivity index (χ0v) is 10.4. The van der Waals surface area contributed by atoms with Gasteiger partial charge in [0.05, 0.1) is 6.61 Å². The monoisotopic (exact) mass is 261 g/mol. The van der Waals surface area contributed by atoms with Crippen LogP contribution in [0.3, 0.4) is 0 Å². The number of nitrogens with zero attached hydrogens (tertiary/aromatic N) is 2. The second kappa shape index (κ2) is 8.05. The molecule has 0 fully saturated rings. The van der Waals surface area contributed by atoms with E-state index in [0.717, 1.165) is 6.42 Å². The van der Waals surface area contributed by atoms with Crippen molar-refractivity contribution in [1.82, 2.24) is 9.97 Å². The summed E-state index contributed by atoms with van der Waals surface area (Å²) in [5.41, 5.74) is 5.50. The van der Waals surface area contributed by atoms with Crippen LogP contribution in [0.25, 0.3) is 0 Å². The second-order valence-electron chi connectivity index (χ2n) is 3.19. The largest absolute Gasteiger partial charge is 0.474 e. The van der Waals surface area contributed by atoms with Gasteiger partial charge in [0.25, 0.3) is 0 Å². The zero-order chi connectivity index (χ0) is 12.5. The number of ether oxygens (including phenoxy) is 3. The van der Waals surface area contributed by atoms with Crippen molar-refractivity contribution in [3.63, 3.8) is 0 Å². The predicted octanol–water partition coefficient (Wildman–Crippen LogP) is 1.14. The van der Waals surface area contributed by atoms with E-state index in [1.165, 1.54) is 6.33 Å². The first-order valence-corrected chi connectivity index (χ1v) is 5.59. The van der Waals surface area contributed by atoms with Gasteiger partial charge in [-0.15, -0.1) is 0 Å². The fourth-order valence-corrected chi connectivity index (χ4v) is 1.22. The van der Waals surface area contributed by atoms with Crippen LogP contribution >= 0.6 is 11.6 Å². The Kier molecular flexibility index (Phi) is 6.61. The number of aromatic nitrogens is 2. The summed E-state index contributed by atoms with van der Waals surface area (Å²) < 4.78 is 15.5. The molecular formula is C10H16ClN3O3. The van der Waals surface area contributed by atoms with Gasteiger partial charge in [0.15, 0.2) is 0 Å². The van der Waals surface area contributed by atoms with Crippen LogP contribution in [-0.4, -0.2) is 43.5 Å². The lowest BCUT2D eigenvalue weighted by molar-refractivity contribution is 0.0796. The van der Waals surface area contributed by atoms with Gasteiger partial charge < -0.3 is 19.9 Å². The first-order valence-electron chi connectivity index (χ1n) is 5.21. The van der Waals surface area contributed by atoms with Gasteiger partial charge in [0.2, 0.25) is 5.88 Å². The van der Waals surface area contributed by atoms with Crippen molar-refractivity contribution in [1.29, 1.82) is 0 Å². The van der Waals surface area contributed by atoms with E-state index in [1.54, 1.807) is 7.11 Å². The molecule has 0 saturated heterocycles. The molecule has 6 nitrogen and oxygen atoms in total. The van der Waals surface area contributed by atoms with Crippen molar-refractivity contribution in [2.24, 2.45) is 0 Å². The van der Waals surface area contributed by atoms with E-state index in [1.807, 2.05) is 0 Å². The van der Waals surface area contributed by atoms with Gasteiger partial charge in [-0.3, -0.25) is 0 Å². The Morgan fingerprint density at radius 2 is 2.06 bits per heavy atom. The van der Waals surface area contributed by atoms with E-state index >= 15 is 0 Å². The number of nitrogens with two attached hydrogens (primary N) is 1. The Morgan fingerprint density at radius 3 is 2.82 bits per heavy atom. The second-order valence-corrected chi connectivity index (χ2v) is 3.56. The number of methoxy groups -OCH3 is 1. The molecule has 0 aromatic carbocycles. The smallest absolute Gasteiger partial charge is 0.238 e. The SMILES string of the molecule is COCCCOCCOc1ncnc(N)c1Cl. The van der Waals surface area contributed by atoms with Crippen molar-refractivity contribution in [2.75, 3.05) is 39.3 Å². The third-order valence-corrected chi connectivity index (χ3v) is 2.24. The molecule has 1 heterocycles. The van der Waals surface area contributed by atoms with Crippen molar-refractivity contribution < 1.29 is 14.2 Å². The quantitative estimate of drug-likeness (QED) is 0.707. The van der Waals surface area contributed by atoms with E-state index in [0.29, 0.717) is 26.4 Å². The van der Waals surface area contributed by atoms with Gasteiger partial charge in [-0.25, -0.2) is 9.97 Å². The summed E-state index contributed by atoms with van der Waals surface area (Å²) in [6, 6.07) is 0. The van der Waals surface area contributed by atoms with Crippen LogP contribution in [0, 0.1) is 0 Å². The highest BCUT2D eigenvalue weighted by Crippen LogP contribution is 2.24. The summed E-state index contributed by atoms with van der Waals surface area (Å²) in [7, 11) is 1.66. The van der Waals surface area contributed by atoms with E-state index in [2.05, 4.69) is 9.97 Å². The van der Waals surface area contributed by atoms with Gasteiger partial charge in [-0.2, -0.15) is 0 Å². The molecule has 0 aliphatic carbocycles. The number of halogens is 1. The molecule has 1 rings (SSSR count). The molecule has 0 aliphatic heterocycles. The molecule has 0 saturated carbocycles. The minimum absolute atomic E-state index is 0.206. The zero-order valence-electron chi connectivity index (χ0n) is 9.69. The molecule has 1 aromatic heterocycles. The molecule has 17 heavy (non-hydrogen) atoms. The Labute approximate surface area is 105 Å². The maximum atomic E-state index is 5.84. The van der Waals surface area contributed by atoms with Crippen LogP contribution in [0.15, 0.2) is 6.33 Å². The predicted molar refractivity (Wildman–Crippen MR) is 64.3 cm³/mol. The van der Waals surface area contributed by atoms with Crippen LogP contribution in [0.1, 0.15) is 6.42 Å². The molecule has 0 amide bonds. The number of nitrogen functional groups attached to an aromatic ring is 1.